The lowest BCUT2D eigenvalue weighted by Gasteiger charge is -2.30. The van der Waals surface area contributed by atoms with Crippen LogP contribution < -0.4 is 9.64 Å². The van der Waals surface area contributed by atoms with E-state index in [0.717, 1.165) is 4.68 Å². The molecule has 0 atom stereocenters. The molecular formula is C22H20F5N5O2. The molecule has 4 rings (SSSR count). The van der Waals surface area contributed by atoms with Crippen molar-refractivity contribution in [3.05, 3.63) is 53.7 Å². The van der Waals surface area contributed by atoms with Gasteiger partial charge in [0, 0.05) is 18.0 Å². The summed E-state index contributed by atoms with van der Waals surface area (Å²) in [7, 11) is 0. The van der Waals surface area contributed by atoms with E-state index in [4.69, 9.17) is 4.74 Å². The first-order valence-electron chi connectivity index (χ1n) is 10.2. The van der Waals surface area contributed by atoms with Crippen LogP contribution >= 0.6 is 0 Å². The van der Waals surface area contributed by atoms with Crippen LogP contribution in [0.2, 0.25) is 0 Å². The number of nitrogens with zero attached hydrogens (tertiary/aromatic N) is 5. The lowest BCUT2D eigenvalue weighted by atomic mass is 9.96. The maximum absolute atomic E-state index is 13.3. The molecule has 0 spiro atoms. The molecule has 3 aromatic heterocycles. The molecule has 0 fully saturated rings. The molecule has 0 bridgehead atoms. The molecule has 7 nitrogen and oxygen atoms in total. The van der Waals surface area contributed by atoms with Gasteiger partial charge < -0.3 is 4.74 Å². The first-order valence-corrected chi connectivity index (χ1v) is 10.2. The molecule has 12 heteroatoms. The predicted octanol–water partition coefficient (Wildman–Crippen LogP) is 4.75. The molecule has 3 aromatic rings. The number of amides is 1. The number of carbonyl (C=O) groups is 1. The topological polar surface area (TPSA) is 73.1 Å². The lowest BCUT2D eigenvalue weighted by molar-refractivity contribution is -0.153. The van der Waals surface area contributed by atoms with Crippen molar-refractivity contribution in [3.8, 4) is 17.0 Å². The third-order valence-electron chi connectivity index (χ3n) is 5.39. The van der Waals surface area contributed by atoms with Gasteiger partial charge >= 0.3 is 6.18 Å². The van der Waals surface area contributed by atoms with Gasteiger partial charge in [-0.1, -0.05) is 0 Å². The van der Waals surface area contributed by atoms with Gasteiger partial charge in [0.05, 0.1) is 40.6 Å². The molecule has 0 N–H and O–H groups in total. The third kappa shape index (κ3) is 4.44. The number of ether oxygens (including phenoxy) is 1. The largest absolute Gasteiger partial charge is 0.482 e. The minimum atomic E-state index is -4.49. The van der Waals surface area contributed by atoms with Gasteiger partial charge in [-0.05, 0) is 38.5 Å². The van der Waals surface area contributed by atoms with E-state index in [1.807, 2.05) is 0 Å². The van der Waals surface area contributed by atoms with Crippen LogP contribution in [0.1, 0.15) is 35.5 Å². The van der Waals surface area contributed by atoms with Crippen molar-refractivity contribution in [1.82, 2.24) is 19.7 Å². The van der Waals surface area contributed by atoms with Crippen LogP contribution in [0.15, 0.2) is 36.9 Å². The van der Waals surface area contributed by atoms with E-state index >= 15 is 0 Å². The highest BCUT2D eigenvalue weighted by Gasteiger charge is 2.47. The second kappa shape index (κ2) is 8.33. The summed E-state index contributed by atoms with van der Waals surface area (Å²) in [6.45, 7) is 3.19. The minimum Gasteiger partial charge on any atom is -0.482 e. The molecule has 0 saturated carbocycles. The van der Waals surface area contributed by atoms with Crippen LogP contribution in [-0.4, -0.2) is 44.9 Å². The Kier molecular flexibility index (Phi) is 5.78. The highest BCUT2D eigenvalue weighted by Crippen LogP contribution is 2.43. The summed E-state index contributed by atoms with van der Waals surface area (Å²) in [5, 5.41) is 3.92. The van der Waals surface area contributed by atoms with Crippen molar-refractivity contribution < 1.29 is 31.5 Å². The lowest BCUT2D eigenvalue weighted by Crippen LogP contribution is -2.39. The molecule has 1 amide bonds. The first kappa shape index (κ1) is 23.6. The van der Waals surface area contributed by atoms with Crippen molar-refractivity contribution in [2.75, 3.05) is 11.5 Å². The van der Waals surface area contributed by atoms with Gasteiger partial charge in [-0.15, -0.1) is 0 Å². The molecule has 4 heterocycles. The van der Waals surface area contributed by atoms with E-state index in [0.29, 0.717) is 33.8 Å². The summed E-state index contributed by atoms with van der Waals surface area (Å²) in [5.74, 6) is -0.424. The van der Waals surface area contributed by atoms with Crippen LogP contribution in [0.3, 0.4) is 0 Å². The van der Waals surface area contributed by atoms with Crippen molar-refractivity contribution in [2.24, 2.45) is 0 Å². The Morgan fingerprint density at radius 3 is 2.56 bits per heavy atom. The number of fused-ring (bicyclic) bond motifs is 1. The summed E-state index contributed by atoms with van der Waals surface area (Å²) in [4.78, 5) is 23.3. The smallest absolute Gasteiger partial charge is 0.422 e. The van der Waals surface area contributed by atoms with E-state index < -0.39 is 31.3 Å². The van der Waals surface area contributed by atoms with Crippen LogP contribution in [0, 0.1) is 6.92 Å². The second-order valence-electron chi connectivity index (χ2n) is 8.37. The number of anilines is 1. The number of halogens is 5. The molecule has 0 aliphatic carbocycles. The molecular weight excluding hydrogens is 461 g/mol. The van der Waals surface area contributed by atoms with Gasteiger partial charge in [-0.2, -0.15) is 18.3 Å². The fourth-order valence-corrected chi connectivity index (χ4v) is 3.96. The van der Waals surface area contributed by atoms with Gasteiger partial charge in [0.2, 0.25) is 0 Å². The van der Waals surface area contributed by atoms with Gasteiger partial charge in [-0.25, -0.2) is 13.8 Å². The van der Waals surface area contributed by atoms with Gasteiger partial charge in [0.1, 0.15) is 12.3 Å². The number of aromatic nitrogens is 4. The highest BCUT2D eigenvalue weighted by atomic mass is 19.4. The number of hydrogen-bond donors (Lipinski definition) is 0. The molecule has 34 heavy (non-hydrogen) atoms. The van der Waals surface area contributed by atoms with E-state index in [2.05, 4.69) is 15.1 Å². The van der Waals surface area contributed by atoms with Crippen molar-refractivity contribution >= 4 is 11.6 Å². The molecule has 1 aliphatic rings. The summed E-state index contributed by atoms with van der Waals surface area (Å²) >= 11 is 0. The molecule has 0 saturated heterocycles. The number of alkyl halides is 5. The van der Waals surface area contributed by atoms with Crippen LogP contribution in [0.4, 0.5) is 27.6 Å². The Hall–Kier alpha value is -3.57. The zero-order valence-electron chi connectivity index (χ0n) is 18.4. The Morgan fingerprint density at radius 2 is 1.88 bits per heavy atom. The molecule has 180 valence electrons. The number of pyridine rings is 2. The van der Waals surface area contributed by atoms with E-state index in [1.54, 1.807) is 26.8 Å². The van der Waals surface area contributed by atoms with Crippen LogP contribution in [-0.2, 0) is 12.1 Å². The SMILES string of the molecule is Cc1cc(-c2cncc(OCC(F)(F)F)c2)nc2c1C(=O)N(c1cnn(CC(F)F)c1)C2(C)C. The Balaban J connectivity index is 1.70. The van der Waals surface area contributed by atoms with Gasteiger partial charge in [0.25, 0.3) is 12.3 Å². The predicted molar refractivity (Wildman–Crippen MR) is 112 cm³/mol. The summed E-state index contributed by atoms with van der Waals surface area (Å²) < 4.78 is 68.8. The minimum absolute atomic E-state index is 0.0711. The fourth-order valence-electron chi connectivity index (χ4n) is 3.96. The fraction of sp³-hybridized carbons (Fsp3) is 0.364. The van der Waals surface area contributed by atoms with Crippen LogP contribution in [0.5, 0.6) is 5.75 Å². The monoisotopic (exact) mass is 481 g/mol. The maximum atomic E-state index is 13.3. The standard InChI is InChI=1S/C22H20F5N5O2/c1-12-4-16(13-5-15(8-28-6-13)34-11-22(25,26)27)30-19-18(12)20(33)32(21(19,2)3)14-7-29-31(9-14)10-17(23)24/h4-9,17H,10-11H2,1-3H3. The summed E-state index contributed by atoms with van der Waals surface area (Å²) in [5.41, 5.74) is 1.61. The maximum Gasteiger partial charge on any atom is 0.422 e. The van der Waals surface area contributed by atoms with E-state index in [9.17, 15) is 26.7 Å². The van der Waals surface area contributed by atoms with Crippen molar-refractivity contribution in [3.63, 3.8) is 0 Å². The average Bonchev–Trinajstić information content (AvgIpc) is 3.25. The van der Waals surface area contributed by atoms with Gasteiger partial charge in [0.15, 0.2) is 6.61 Å². The number of rotatable bonds is 6. The Morgan fingerprint density at radius 1 is 1.15 bits per heavy atom. The highest BCUT2D eigenvalue weighted by molar-refractivity contribution is 6.12. The third-order valence-corrected chi connectivity index (χ3v) is 5.39. The first-order chi connectivity index (χ1) is 15.9. The normalized spacial score (nSPS) is 15.2. The molecule has 1 aliphatic heterocycles. The van der Waals surface area contributed by atoms with E-state index in [-0.39, 0.29) is 11.7 Å². The average molecular weight is 481 g/mol. The zero-order chi connectivity index (χ0) is 24.8. The second-order valence-corrected chi connectivity index (χ2v) is 8.37. The Labute approximate surface area is 191 Å². The Bertz CT molecular complexity index is 1240. The summed E-state index contributed by atoms with van der Waals surface area (Å²) in [6.07, 6.45) is -1.76. The van der Waals surface area contributed by atoms with Gasteiger partial charge in [-0.3, -0.25) is 19.4 Å². The molecule has 0 unspecified atom stereocenters. The van der Waals surface area contributed by atoms with Crippen molar-refractivity contribution in [2.45, 2.75) is 45.5 Å². The van der Waals surface area contributed by atoms with Crippen LogP contribution in [0.25, 0.3) is 11.3 Å². The quantitative estimate of drug-likeness (QED) is 0.475. The molecule has 0 radical (unpaired) electrons. The van der Waals surface area contributed by atoms with E-state index in [1.165, 1.54) is 35.8 Å². The number of hydrogen-bond acceptors (Lipinski definition) is 5. The number of carbonyl (C=O) groups excluding carboxylic acids is 1. The van der Waals surface area contributed by atoms with Crippen molar-refractivity contribution in [1.29, 1.82) is 0 Å². The zero-order valence-corrected chi connectivity index (χ0v) is 18.4. The summed E-state index contributed by atoms with van der Waals surface area (Å²) in [6, 6.07) is 3.03. The molecule has 0 aromatic carbocycles. The number of aryl methyl sites for hydroxylation is 1.